The molecule has 0 radical (unpaired) electrons. The molecule has 23 heavy (non-hydrogen) atoms. The van der Waals surface area contributed by atoms with Crippen molar-refractivity contribution in [1.82, 2.24) is 5.32 Å². The molecule has 0 bridgehead atoms. The average molecular weight is 325 g/mol. The molecular weight excluding hydrogens is 310 g/mol. The van der Waals surface area contributed by atoms with Gasteiger partial charge >= 0.3 is 11.6 Å². The Morgan fingerprint density at radius 1 is 1.13 bits per heavy atom. The van der Waals surface area contributed by atoms with Crippen molar-refractivity contribution in [2.75, 3.05) is 0 Å². The molecule has 0 aromatic heterocycles. The molecule has 0 spiro atoms. The van der Waals surface area contributed by atoms with Crippen molar-refractivity contribution in [1.29, 1.82) is 0 Å². The Hall–Kier alpha value is -3.04. The molecule has 1 aromatic rings. The molecule has 2 N–H and O–H groups in total. The first-order valence-corrected chi connectivity index (χ1v) is 6.53. The summed E-state index contributed by atoms with van der Waals surface area (Å²) in [6, 6.07) is 4.98. The number of aliphatic carboxylic acids is 1. The normalized spacial score (nSPS) is 12.5. The van der Waals surface area contributed by atoms with E-state index in [1.807, 2.05) is 5.32 Å². The second kappa shape index (κ2) is 6.81. The summed E-state index contributed by atoms with van der Waals surface area (Å²) in [7, 11) is 0. The molecule has 1 rings (SSSR count). The Morgan fingerprint density at radius 2 is 1.61 bits per heavy atom. The van der Waals surface area contributed by atoms with Crippen LogP contribution in [0.1, 0.15) is 24.2 Å². The lowest BCUT2D eigenvalue weighted by atomic mass is 9.88. The summed E-state index contributed by atoms with van der Waals surface area (Å²) in [4.78, 5) is 43.5. The maximum atomic E-state index is 12.1. The van der Waals surface area contributed by atoms with Crippen LogP contribution in [-0.2, 0) is 4.79 Å². The maximum Gasteiger partial charge on any atom is 0.490 e. The van der Waals surface area contributed by atoms with Gasteiger partial charge in [-0.3, -0.25) is 25.0 Å². The Kier molecular flexibility index (Phi) is 5.34. The largest absolute Gasteiger partial charge is 0.490 e. The van der Waals surface area contributed by atoms with E-state index >= 15 is 0 Å². The Balaban J connectivity index is 3.33. The molecular formula is C13H15N3O7. The highest BCUT2D eigenvalue weighted by atomic mass is 16.7. The van der Waals surface area contributed by atoms with Crippen LogP contribution in [0.3, 0.4) is 0 Å². The van der Waals surface area contributed by atoms with E-state index in [9.17, 15) is 34.9 Å². The summed E-state index contributed by atoms with van der Waals surface area (Å²) in [6.45, 7) is 2.30. The van der Waals surface area contributed by atoms with Crippen LogP contribution >= 0.6 is 0 Å². The third-order valence-corrected chi connectivity index (χ3v) is 3.42. The van der Waals surface area contributed by atoms with E-state index in [2.05, 4.69) is 0 Å². The van der Waals surface area contributed by atoms with E-state index in [0.717, 1.165) is 13.8 Å². The van der Waals surface area contributed by atoms with Gasteiger partial charge in [0, 0.05) is 5.56 Å². The van der Waals surface area contributed by atoms with E-state index in [4.69, 9.17) is 0 Å². The van der Waals surface area contributed by atoms with Crippen LogP contribution in [0, 0.1) is 26.1 Å². The topological polar surface area (TPSA) is 153 Å². The number of nitrogens with one attached hydrogen (secondary N) is 1. The van der Waals surface area contributed by atoms with E-state index in [1.165, 1.54) is 24.3 Å². The SMILES string of the molecule is CC(C)C([C@H](NC(=O)c1ccccc1)C(=O)O)([N+](=O)[O-])[N+](=O)[O-]. The molecule has 0 heterocycles. The van der Waals surface area contributed by atoms with Gasteiger partial charge in [0.05, 0.1) is 5.92 Å². The lowest BCUT2D eigenvalue weighted by Crippen LogP contribution is -2.67. The fraction of sp³-hybridized carbons (Fsp3) is 0.385. The van der Waals surface area contributed by atoms with E-state index in [-0.39, 0.29) is 5.56 Å². The number of hydrogen-bond donors (Lipinski definition) is 2. The van der Waals surface area contributed by atoms with E-state index < -0.39 is 39.3 Å². The molecule has 0 fully saturated rings. The molecule has 0 aliphatic carbocycles. The summed E-state index contributed by atoms with van der Waals surface area (Å²) < 4.78 is 0. The quantitative estimate of drug-likeness (QED) is 0.426. The van der Waals surface area contributed by atoms with Crippen LogP contribution in [0.4, 0.5) is 0 Å². The van der Waals surface area contributed by atoms with Gasteiger partial charge < -0.3 is 10.4 Å². The van der Waals surface area contributed by atoms with Gasteiger partial charge in [0.25, 0.3) is 11.9 Å². The van der Waals surface area contributed by atoms with Crippen LogP contribution in [0.5, 0.6) is 0 Å². The van der Waals surface area contributed by atoms with Crippen LogP contribution in [0.25, 0.3) is 0 Å². The zero-order valence-electron chi connectivity index (χ0n) is 12.3. The van der Waals surface area contributed by atoms with Gasteiger partial charge in [-0.25, -0.2) is 4.79 Å². The van der Waals surface area contributed by atoms with Crippen molar-refractivity contribution in [3.8, 4) is 0 Å². The first kappa shape index (κ1) is 18.0. The van der Waals surface area contributed by atoms with Crippen LogP contribution in [0.15, 0.2) is 30.3 Å². The first-order chi connectivity index (χ1) is 10.7. The van der Waals surface area contributed by atoms with Gasteiger partial charge in [-0.1, -0.05) is 18.2 Å². The Labute approximate surface area is 130 Å². The van der Waals surface area contributed by atoms with E-state index in [1.54, 1.807) is 6.07 Å². The minimum Gasteiger partial charge on any atom is -0.479 e. The molecule has 0 aliphatic heterocycles. The van der Waals surface area contributed by atoms with Crippen LogP contribution in [-0.4, -0.2) is 38.5 Å². The summed E-state index contributed by atoms with van der Waals surface area (Å²) in [5.41, 5.74) is -3.06. The van der Waals surface area contributed by atoms with Crippen LogP contribution in [0.2, 0.25) is 0 Å². The molecule has 10 heteroatoms. The van der Waals surface area contributed by atoms with Crippen molar-refractivity contribution in [2.24, 2.45) is 5.92 Å². The summed E-state index contributed by atoms with van der Waals surface area (Å²) >= 11 is 0. The highest BCUT2D eigenvalue weighted by molar-refractivity contribution is 5.96. The molecule has 0 saturated carbocycles. The number of nitrogens with zero attached hydrogens (tertiary/aromatic N) is 2. The second-order valence-corrected chi connectivity index (χ2v) is 5.06. The number of carbonyl (C=O) groups is 2. The minimum absolute atomic E-state index is 0.0307. The molecule has 10 nitrogen and oxygen atoms in total. The third-order valence-electron chi connectivity index (χ3n) is 3.42. The number of carboxylic acid groups (broad SMARTS) is 1. The monoisotopic (exact) mass is 325 g/mol. The van der Waals surface area contributed by atoms with Crippen molar-refractivity contribution in [3.05, 3.63) is 56.1 Å². The molecule has 1 amide bonds. The number of carboxylic acids is 1. The van der Waals surface area contributed by atoms with E-state index in [0.29, 0.717) is 0 Å². The van der Waals surface area contributed by atoms with Crippen molar-refractivity contribution < 1.29 is 24.5 Å². The number of benzene rings is 1. The smallest absolute Gasteiger partial charge is 0.479 e. The number of nitro groups is 2. The van der Waals surface area contributed by atoms with Gasteiger partial charge in [0.15, 0.2) is 0 Å². The van der Waals surface area contributed by atoms with Crippen molar-refractivity contribution in [3.63, 3.8) is 0 Å². The Morgan fingerprint density at radius 3 is 1.96 bits per heavy atom. The molecule has 0 aliphatic rings. The number of amides is 1. The third kappa shape index (κ3) is 3.25. The van der Waals surface area contributed by atoms with Gasteiger partial charge in [-0.05, 0) is 26.0 Å². The standard InChI is InChI=1S/C13H15N3O7/c1-8(2)13(15(20)21,16(22)23)10(12(18)19)14-11(17)9-6-4-3-5-7-9/h3-8,10H,1-2H3,(H,14,17)(H,18,19)/t10-/m1/s1. The number of hydrogen-bond acceptors (Lipinski definition) is 6. The molecule has 1 atom stereocenters. The fourth-order valence-electron chi connectivity index (χ4n) is 2.19. The van der Waals surface area contributed by atoms with Crippen molar-refractivity contribution in [2.45, 2.75) is 25.6 Å². The first-order valence-electron chi connectivity index (χ1n) is 6.53. The second-order valence-electron chi connectivity index (χ2n) is 5.06. The zero-order valence-corrected chi connectivity index (χ0v) is 12.3. The predicted octanol–water partition coefficient (Wildman–Crippen LogP) is 0.775. The highest BCUT2D eigenvalue weighted by Gasteiger charge is 2.69. The van der Waals surface area contributed by atoms with Crippen LogP contribution < -0.4 is 5.32 Å². The molecule has 0 unspecified atom stereocenters. The maximum absolute atomic E-state index is 12.1. The lowest BCUT2D eigenvalue weighted by molar-refractivity contribution is -0.807. The summed E-state index contributed by atoms with van der Waals surface area (Å²) in [5.74, 6) is -4.10. The van der Waals surface area contributed by atoms with Gasteiger partial charge in [0.1, 0.15) is 9.85 Å². The summed E-state index contributed by atoms with van der Waals surface area (Å²) in [5, 5.41) is 33.8. The van der Waals surface area contributed by atoms with Crippen molar-refractivity contribution >= 4 is 11.9 Å². The Bertz CT molecular complexity index is 616. The van der Waals surface area contributed by atoms with Gasteiger partial charge in [-0.15, -0.1) is 0 Å². The molecule has 124 valence electrons. The fourth-order valence-corrected chi connectivity index (χ4v) is 2.19. The predicted molar refractivity (Wildman–Crippen MR) is 76.9 cm³/mol. The molecule has 0 saturated heterocycles. The lowest BCUT2D eigenvalue weighted by Gasteiger charge is -2.26. The number of carbonyl (C=O) groups excluding carboxylic acids is 1. The number of rotatable bonds is 7. The zero-order chi connectivity index (χ0) is 17.8. The minimum atomic E-state index is -3.09. The van der Waals surface area contributed by atoms with Gasteiger partial charge in [-0.2, -0.15) is 0 Å². The highest BCUT2D eigenvalue weighted by Crippen LogP contribution is 2.27. The average Bonchev–Trinajstić information content (AvgIpc) is 2.46. The van der Waals surface area contributed by atoms with Gasteiger partial charge in [0.2, 0.25) is 0 Å². The summed E-state index contributed by atoms with van der Waals surface area (Å²) in [6.07, 6.45) is 0. The molecule has 1 aromatic carbocycles.